The van der Waals surface area contributed by atoms with Crippen LogP contribution in [0.4, 0.5) is 0 Å². The second-order valence-corrected chi connectivity index (χ2v) is 8.96. The standard InChI is InChI=1S/C27H27NO7/c1-15(29)34-14-23-24(31)25(32)26(33)27(35-23)28-13-19(21-4-2-3-5-22(21)28)11-16-6-7-18-12-20(30)9-8-17(18)10-16/h2-10,12-13,23-27,30-33H,11,14H2,1H3/t23-,24-,25+,26-,27-/m1/s1. The molecule has 8 nitrogen and oxygen atoms in total. The summed E-state index contributed by atoms with van der Waals surface area (Å²) in [7, 11) is 0. The highest BCUT2D eigenvalue weighted by atomic mass is 16.6. The van der Waals surface area contributed by atoms with Crippen LogP contribution in [0.1, 0.15) is 24.3 Å². The predicted molar refractivity (Wildman–Crippen MR) is 129 cm³/mol. The van der Waals surface area contributed by atoms with E-state index >= 15 is 0 Å². The largest absolute Gasteiger partial charge is 0.508 e. The van der Waals surface area contributed by atoms with Crippen LogP contribution in [0.25, 0.3) is 21.7 Å². The number of fused-ring (bicyclic) bond motifs is 2. The number of phenolic OH excluding ortho intramolecular Hbond substituents is 1. The third-order valence-electron chi connectivity index (χ3n) is 6.52. The quantitative estimate of drug-likeness (QED) is 0.326. The molecule has 0 spiro atoms. The molecule has 8 heteroatoms. The molecule has 0 saturated carbocycles. The summed E-state index contributed by atoms with van der Waals surface area (Å²) < 4.78 is 12.7. The summed E-state index contributed by atoms with van der Waals surface area (Å²) in [6.07, 6.45) is -3.77. The van der Waals surface area contributed by atoms with E-state index < -0.39 is 36.6 Å². The van der Waals surface area contributed by atoms with Gasteiger partial charge in [-0.1, -0.05) is 42.5 Å². The van der Waals surface area contributed by atoms with Crippen molar-refractivity contribution >= 4 is 27.6 Å². The fourth-order valence-corrected chi connectivity index (χ4v) is 4.74. The molecular formula is C27H27NO7. The van der Waals surface area contributed by atoms with Crippen LogP contribution in [0.5, 0.6) is 5.75 Å². The van der Waals surface area contributed by atoms with Gasteiger partial charge < -0.3 is 34.5 Å². The molecule has 4 N–H and O–H groups in total. The highest BCUT2D eigenvalue weighted by molar-refractivity contribution is 5.86. The number of aromatic nitrogens is 1. The molecule has 1 aliphatic rings. The molecule has 5 atom stereocenters. The summed E-state index contributed by atoms with van der Waals surface area (Å²) in [4.78, 5) is 11.3. The zero-order chi connectivity index (χ0) is 24.7. The lowest BCUT2D eigenvalue weighted by Crippen LogP contribution is -2.56. The van der Waals surface area contributed by atoms with Gasteiger partial charge in [0.25, 0.3) is 0 Å². The number of hydrogen-bond acceptors (Lipinski definition) is 7. The topological polar surface area (TPSA) is 121 Å². The highest BCUT2D eigenvalue weighted by Crippen LogP contribution is 2.34. The van der Waals surface area contributed by atoms with Crippen LogP contribution in [0.15, 0.2) is 66.9 Å². The van der Waals surface area contributed by atoms with E-state index in [2.05, 4.69) is 6.07 Å². The van der Waals surface area contributed by atoms with Crippen LogP contribution in [-0.2, 0) is 20.7 Å². The van der Waals surface area contributed by atoms with E-state index in [1.165, 1.54) is 6.92 Å². The first-order chi connectivity index (χ1) is 16.8. The maximum absolute atomic E-state index is 11.3. The zero-order valence-corrected chi connectivity index (χ0v) is 19.1. The molecule has 2 heterocycles. The Kier molecular flexibility index (Phi) is 6.21. The molecular weight excluding hydrogens is 450 g/mol. The fraction of sp³-hybridized carbons (Fsp3) is 0.296. The molecule has 0 radical (unpaired) electrons. The van der Waals surface area contributed by atoms with Crippen molar-refractivity contribution in [1.29, 1.82) is 0 Å². The van der Waals surface area contributed by atoms with Gasteiger partial charge in [0.15, 0.2) is 6.23 Å². The monoisotopic (exact) mass is 477 g/mol. The SMILES string of the molecule is CC(=O)OC[C@H]1O[C@@H](n2cc(Cc3ccc4cc(O)ccc4c3)c3ccccc32)[C@H](O)[C@@H](O)[C@@H]1O. The molecule has 182 valence electrons. The predicted octanol–water partition coefficient (Wildman–Crippen LogP) is 2.63. The molecule has 0 unspecified atom stereocenters. The lowest BCUT2D eigenvalue weighted by Gasteiger charge is -2.41. The van der Waals surface area contributed by atoms with Gasteiger partial charge in [-0.2, -0.15) is 0 Å². The third kappa shape index (κ3) is 4.49. The number of aliphatic hydroxyl groups excluding tert-OH is 3. The van der Waals surface area contributed by atoms with Crippen LogP contribution < -0.4 is 0 Å². The van der Waals surface area contributed by atoms with Gasteiger partial charge in [-0.3, -0.25) is 4.79 Å². The number of carbonyl (C=O) groups excluding carboxylic acids is 1. The summed E-state index contributed by atoms with van der Waals surface area (Å²) >= 11 is 0. The zero-order valence-electron chi connectivity index (χ0n) is 19.1. The van der Waals surface area contributed by atoms with Crippen molar-refractivity contribution in [2.75, 3.05) is 6.61 Å². The van der Waals surface area contributed by atoms with Gasteiger partial charge in [-0.25, -0.2) is 0 Å². The summed E-state index contributed by atoms with van der Waals surface area (Å²) in [5.74, 6) is -0.309. The van der Waals surface area contributed by atoms with Gasteiger partial charge in [-0.05, 0) is 46.5 Å². The van der Waals surface area contributed by atoms with Gasteiger partial charge in [0.2, 0.25) is 0 Å². The van der Waals surface area contributed by atoms with Crippen molar-refractivity contribution in [3.63, 3.8) is 0 Å². The first kappa shape index (κ1) is 23.3. The minimum Gasteiger partial charge on any atom is -0.508 e. The van der Waals surface area contributed by atoms with Gasteiger partial charge in [0, 0.05) is 18.5 Å². The fourth-order valence-electron chi connectivity index (χ4n) is 4.74. The Morgan fingerprint density at radius 3 is 2.51 bits per heavy atom. The normalized spacial score (nSPS) is 24.6. The van der Waals surface area contributed by atoms with Crippen molar-refractivity contribution in [3.8, 4) is 5.75 Å². The van der Waals surface area contributed by atoms with E-state index in [9.17, 15) is 25.2 Å². The Labute approximate surface area is 201 Å². The average Bonchev–Trinajstić information content (AvgIpc) is 3.20. The number of aliphatic hydroxyl groups is 3. The molecule has 0 aliphatic carbocycles. The van der Waals surface area contributed by atoms with Crippen LogP contribution in [0, 0.1) is 0 Å². The second kappa shape index (κ2) is 9.31. The van der Waals surface area contributed by atoms with E-state index in [0.717, 1.165) is 32.8 Å². The lowest BCUT2D eigenvalue weighted by molar-refractivity contribution is -0.252. The Hall–Kier alpha value is -3.43. The first-order valence-electron chi connectivity index (χ1n) is 11.4. The average molecular weight is 478 g/mol. The molecule has 3 aromatic carbocycles. The Balaban J connectivity index is 1.50. The molecule has 0 amide bonds. The lowest BCUT2D eigenvalue weighted by atomic mass is 9.98. The van der Waals surface area contributed by atoms with Crippen molar-refractivity contribution in [1.82, 2.24) is 4.57 Å². The number of esters is 1. The van der Waals surface area contributed by atoms with E-state index in [-0.39, 0.29) is 12.4 Å². The maximum Gasteiger partial charge on any atom is 0.302 e. The molecule has 1 aromatic heterocycles. The summed E-state index contributed by atoms with van der Waals surface area (Å²) in [6.45, 7) is 1.01. The van der Waals surface area contributed by atoms with Crippen LogP contribution in [0.3, 0.4) is 0 Å². The van der Waals surface area contributed by atoms with E-state index in [1.807, 2.05) is 48.7 Å². The number of hydrogen-bond donors (Lipinski definition) is 4. The van der Waals surface area contributed by atoms with Crippen LogP contribution in [0.2, 0.25) is 0 Å². The van der Waals surface area contributed by atoms with Crippen LogP contribution >= 0.6 is 0 Å². The van der Waals surface area contributed by atoms with Gasteiger partial charge in [-0.15, -0.1) is 0 Å². The van der Waals surface area contributed by atoms with Gasteiger partial charge >= 0.3 is 5.97 Å². The molecule has 1 aliphatic heterocycles. The first-order valence-corrected chi connectivity index (χ1v) is 11.4. The number of aromatic hydroxyl groups is 1. The number of ether oxygens (including phenoxy) is 2. The number of benzene rings is 3. The molecule has 35 heavy (non-hydrogen) atoms. The number of para-hydroxylation sites is 1. The van der Waals surface area contributed by atoms with E-state index in [1.54, 1.807) is 16.7 Å². The van der Waals surface area contributed by atoms with Gasteiger partial charge in [0.05, 0.1) is 5.52 Å². The molecule has 0 bridgehead atoms. The van der Waals surface area contributed by atoms with Crippen molar-refractivity contribution < 1.29 is 34.7 Å². The number of phenols is 1. The summed E-state index contributed by atoms with van der Waals surface area (Å²) in [5.41, 5.74) is 2.86. The summed E-state index contributed by atoms with van der Waals surface area (Å²) in [6, 6.07) is 19.0. The van der Waals surface area contributed by atoms with Crippen molar-refractivity contribution in [2.24, 2.45) is 0 Å². The van der Waals surface area contributed by atoms with Gasteiger partial charge in [0.1, 0.15) is 36.8 Å². The Bertz CT molecular complexity index is 1380. The Morgan fingerprint density at radius 1 is 0.971 bits per heavy atom. The smallest absolute Gasteiger partial charge is 0.302 e. The molecule has 1 saturated heterocycles. The number of nitrogens with zero attached hydrogens (tertiary/aromatic N) is 1. The van der Waals surface area contributed by atoms with E-state index in [0.29, 0.717) is 6.42 Å². The van der Waals surface area contributed by atoms with Crippen LogP contribution in [-0.4, -0.2) is 62.0 Å². The second-order valence-electron chi connectivity index (χ2n) is 8.96. The van der Waals surface area contributed by atoms with Crippen molar-refractivity contribution in [2.45, 2.75) is 44.0 Å². The molecule has 4 aromatic rings. The van der Waals surface area contributed by atoms with Crippen molar-refractivity contribution in [3.05, 3.63) is 78.0 Å². The number of rotatable bonds is 5. The van der Waals surface area contributed by atoms with E-state index in [4.69, 9.17) is 9.47 Å². The third-order valence-corrected chi connectivity index (χ3v) is 6.52. The number of carbonyl (C=O) groups is 1. The summed E-state index contributed by atoms with van der Waals surface area (Å²) in [5, 5.41) is 44.3. The maximum atomic E-state index is 11.3. The minimum absolute atomic E-state index is 0.221. The molecule has 5 rings (SSSR count). The minimum atomic E-state index is -1.48. The highest BCUT2D eigenvalue weighted by Gasteiger charge is 2.45. The Morgan fingerprint density at radius 2 is 1.71 bits per heavy atom. The molecule has 1 fully saturated rings.